The number of aryl methyl sites for hydroxylation is 2. The average molecular weight is 323 g/mol. The Morgan fingerprint density at radius 1 is 1.37 bits per heavy atom. The lowest BCUT2D eigenvalue weighted by Gasteiger charge is -2.16. The molecule has 0 saturated carbocycles. The third-order valence-corrected chi connectivity index (χ3v) is 3.42. The van der Waals surface area contributed by atoms with E-state index in [0.717, 1.165) is 21.3 Å². The first-order valence-corrected chi connectivity index (χ1v) is 6.70. The summed E-state index contributed by atoms with van der Waals surface area (Å²) in [6, 6.07) is 3.55. The maximum atomic E-state index is 12.2. The fourth-order valence-electron chi connectivity index (χ4n) is 1.87. The van der Waals surface area contributed by atoms with Gasteiger partial charge in [0.15, 0.2) is 0 Å². The predicted molar refractivity (Wildman–Crippen MR) is 77.0 cm³/mol. The van der Waals surface area contributed by atoms with Crippen LogP contribution in [0.4, 0.5) is 5.69 Å². The number of amides is 1. The number of hydrogen-bond acceptors (Lipinski definition) is 3. The second-order valence-electron chi connectivity index (χ2n) is 4.46. The van der Waals surface area contributed by atoms with Crippen LogP contribution in [-0.4, -0.2) is 20.7 Å². The quantitative estimate of drug-likeness (QED) is 0.945. The SMILES string of the molecule is Cc1cc(Br)cc(C)c1NC(=O)C(C)n1cncn1. The highest BCUT2D eigenvalue weighted by Crippen LogP contribution is 2.25. The Labute approximate surface area is 120 Å². The molecule has 0 aliphatic rings. The summed E-state index contributed by atoms with van der Waals surface area (Å²) in [6.07, 6.45) is 2.95. The van der Waals surface area contributed by atoms with Crippen molar-refractivity contribution < 1.29 is 4.79 Å². The topological polar surface area (TPSA) is 59.8 Å². The van der Waals surface area contributed by atoms with Crippen LogP contribution < -0.4 is 5.32 Å². The van der Waals surface area contributed by atoms with Gasteiger partial charge in [-0.05, 0) is 44.0 Å². The Morgan fingerprint density at radius 2 is 2.00 bits per heavy atom. The van der Waals surface area contributed by atoms with E-state index < -0.39 is 6.04 Å². The molecule has 0 saturated heterocycles. The number of aromatic nitrogens is 3. The Balaban J connectivity index is 2.20. The van der Waals surface area contributed by atoms with E-state index in [2.05, 4.69) is 31.3 Å². The zero-order chi connectivity index (χ0) is 14.0. The first-order chi connectivity index (χ1) is 8.99. The summed E-state index contributed by atoms with van der Waals surface area (Å²) in [7, 11) is 0. The molecule has 0 spiro atoms. The van der Waals surface area contributed by atoms with Gasteiger partial charge >= 0.3 is 0 Å². The molecular formula is C13H15BrN4O. The fraction of sp³-hybridized carbons (Fsp3) is 0.308. The second-order valence-corrected chi connectivity index (χ2v) is 5.37. The molecule has 6 heteroatoms. The molecule has 0 fully saturated rings. The fourth-order valence-corrected chi connectivity index (χ4v) is 2.56. The maximum Gasteiger partial charge on any atom is 0.249 e. The summed E-state index contributed by atoms with van der Waals surface area (Å²) in [5.41, 5.74) is 2.89. The van der Waals surface area contributed by atoms with E-state index >= 15 is 0 Å². The predicted octanol–water partition coefficient (Wildman–Crippen LogP) is 2.86. The Bertz CT molecular complexity index is 572. The summed E-state index contributed by atoms with van der Waals surface area (Å²) in [5.74, 6) is -0.112. The monoisotopic (exact) mass is 322 g/mol. The number of hydrogen-bond donors (Lipinski definition) is 1. The van der Waals surface area contributed by atoms with Crippen molar-refractivity contribution in [2.24, 2.45) is 0 Å². The van der Waals surface area contributed by atoms with Crippen LogP contribution >= 0.6 is 15.9 Å². The number of nitrogens with zero attached hydrogens (tertiary/aromatic N) is 3. The number of nitrogens with one attached hydrogen (secondary N) is 1. The summed E-state index contributed by atoms with van der Waals surface area (Å²) in [4.78, 5) is 16.0. The normalized spacial score (nSPS) is 12.2. The maximum absolute atomic E-state index is 12.2. The molecule has 1 unspecified atom stereocenters. The van der Waals surface area contributed by atoms with Crippen LogP contribution in [0.25, 0.3) is 0 Å². The first-order valence-electron chi connectivity index (χ1n) is 5.90. The Morgan fingerprint density at radius 3 is 2.53 bits per heavy atom. The molecule has 0 radical (unpaired) electrons. The van der Waals surface area contributed by atoms with Crippen molar-refractivity contribution in [3.05, 3.63) is 40.4 Å². The molecule has 1 heterocycles. The van der Waals surface area contributed by atoms with Gasteiger partial charge in [0.1, 0.15) is 18.7 Å². The van der Waals surface area contributed by atoms with Gasteiger partial charge in [0, 0.05) is 10.2 Å². The van der Waals surface area contributed by atoms with Gasteiger partial charge in [-0.2, -0.15) is 5.10 Å². The molecule has 1 aromatic heterocycles. The minimum Gasteiger partial charge on any atom is -0.324 e. The van der Waals surface area contributed by atoms with Crippen molar-refractivity contribution in [2.75, 3.05) is 5.32 Å². The van der Waals surface area contributed by atoms with Gasteiger partial charge in [0.25, 0.3) is 0 Å². The number of benzene rings is 1. The third kappa shape index (κ3) is 3.01. The Hall–Kier alpha value is -1.69. The summed E-state index contributed by atoms with van der Waals surface area (Å²) >= 11 is 3.44. The average Bonchev–Trinajstić information content (AvgIpc) is 2.86. The molecular weight excluding hydrogens is 308 g/mol. The molecule has 1 N–H and O–H groups in total. The van der Waals surface area contributed by atoms with E-state index in [0.29, 0.717) is 0 Å². The van der Waals surface area contributed by atoms with Crippen molar-refractivity contribution >= 4 is 27.5 Å². The molecule has 1 aromatic carbocycles. The van der Waals surface area contributed by atoms with Crippen LogP contribution in [-0.2, 0) is 4.79 Å². The zero-order valence-electron chi connectivity index (χ0n) is 11.0. The number of anilines is 1. The standard InChI is InChI=1S/C13H15BrN4O/c1-8-4-11(14)5-9(2)12(8)17-13(19)10(3)18-7-15-6-16-18/h4-7,10H,1-3H3,(H,17,19). The molecule has 0 bridgehead atoms. The second kappa shape index (κ2) is 5.52. The lowest BCUT2D eigenvalue weighted by molar-refractivity contribution is -0.119. The van der Waals surface area contributed by atoms with Crippen LogP contribution in [0.3, 0.4) is 0 Å². The van der Waals surface area contributed by atoms with E-state index in [1.165, 1.54) is 17.3 Å². The molecule has 2 aromatic rings. The minimum atomic E-state index is -0.398. The molecule has 2 rings (SSSR count). The summed E-state index contributed by atoms with van der Waals surface area (Å²) < 4.78 is 2.53. The van der Waals surface area contributed by atoms with Crippen LogP contribution in [0.5, 0.6) is 0 Å². The molecule has 5 nitrogen and oxygen atoms in total. The van der Waals surface area contributed by atoms with Crippen molar-refractivity contribution in [1.29, 1.82) is 0 Å². The van der Waals surface area contributed by atoms with E-state index in [1.807, 2.05) is 26.0 Å². The van der Waals surface area contributed by atoms with E-state index in [-0.39, 0.29) is 5.91 Å². The van der Waals surface area contributed by atoms with Crippen molar-refractivity contribution in [2.45, 2.75) is 26.8 Å². The summed E-state index contributed by atoms with van der Waals surface area (Å²) in [5, 5.41) is 6.92. The van der Waals surface area contributed by atoms with Crippen molar-refractivity contribution in [3.63, 3.8) is 0 Å². The van der Waals surface area contributed by atoms with Crippen LogP contribution in [0, 0.1) is 13.8 Å². The highest BCUT2D eigenvalue weighted by molar-refractivity contribution is 9.10. The molecule has 0 aliphatic heterocycles. The number of halogens is 1. The highest BCUT2D eigenvalue weighted by Gasteiger charge is 2.17. The van der Waals surface area contributed by atoms with E-state index in [4.69, 9.17) is 0 Å². The molecule has 1 atom stereocenters. The molecule has 0 aliphatic carbocycles. The smallest absolute Gasteiger partial charge is 0.249 e. The molecule has 19 heavy (non-hydrogen) atoms. The van der Waals surface area contributed by atoms with Crippen molar-refractivity contribution in [1.82, 2.24) is 14.8 Å². The van der Waals surface area contributed by atoms with Gasteiger partial charge < -0.3 is 5.32 Å². The van der Waals surface area contributed by atoms with Crippen LogP contribution in [0.15, 0.2) is 29.3 Å². The molecule has 1 amide bonds. The van der Waals surface area contributed by atoms with Gasteiger partial charge in [0.05, 0.1) is 0 Å². The zero-order valence-corrected chi connectivity index (χ0v) is 12.6. The Kier molecular flexibility index (Phi) is 3.99. The third-order valence-electron chi connectivity index (χ3n) is 2.96. The van der Waals surface area contributed by atoms with Gasteiger partial charge in [0.2, 0.25) is 5.91 Å². The summed E-state index contributed by atoms with van der Waals surface area (Å²) in [6.45, 7) is 5.72. The van der Waals surface area contributed by atoms with Gasteiger partial charge in [-0.15, -0.1) is 0 Å². The van der Waals surface area contributed by atoms with Gasteiger partial charge in [-0.25, -0.2) is 9.67 Å². The van der Waals surface area contributed by atoms with E-state index in [9.17, 15) is 4.79 Å². The lowest BCUT2D eigenvalue weighted by atomic mass is 10.1. The van der Waals surface area contributed by atoms with Gasteiger partial charge in [-0.1, -0.05) is 15.9 Å². The largest absolute Gasteiger partial charge is 0.324 e. The number of carbonyl (C=O) groups excluding carboxylic acids is 1. The lowest BCUT2D eigenvalue weighted by Crippen LogP contribution is -2.24. The van der Waals surface area contributed by atoms with E-state index in [1.54, 1.807) is 6.92 Å². The van der Waals surface area contributed by atoms with Crippen LogP contribution in [0.1, 0.15) is 24.1 Å². The highest BCUT2D eigenvalue weighted by atomic mass is 79.9. The molecule has 100 valence electrons. The number of rotatable bonds is 3. The van der Waals surface area contributed by atoms with Crippen LogP contribution in [0.2, 0.25) is 0 Å². The van der Waals surface area contributed by atoms with Crippen molar-refractivity contribution in [3.8, 4) is 0 Å². The minimum absolute atomic E-state index is 0.112. The first kappa shape index (κ1) is 13.7. The van der Waals surface area contributed by atoms with Gasteiger partial charge in [-0.3, -0.25) is 4.79 Å². The number of carbonyl (C=O) groups is 1.